The number of rotatable bonds is 6. The van der Waals surface area contributed by atoms with Crippen molar-refractivity contribution in [3.8, 4) is 0 Å². The number of hydrogen-bond donors (Lipinski definition) is 2. The summed E-state index contributed by atoms with van der Waals surface area (Å²) in [4.78, 5) is 1.39. The van der Waals surface area contributed by atoms with Gasteiger partial charge in [-0.3, -0.25) is 0 Å². The highest BCUT2D eigenvalue weighted by atomic mass is 79.9. The molecule has 78 valence electrons. The Morgan fingerprint density at radius 2 is 2.29 bits per heavy atom. The standard InChI is InChI=1S/C10H15BrN2S/c11-9-3-6-14-10(9)7-12-4-5-13-8-1-2-8/h3,6,8,12-13H,1-2,4-5,7H2. The van der Waals surface area contributed by atoms with Gasteiger partial charge in [-0.25, -0.2) is 0 Å². The fraction of sp³-hybridized carbons (Fsp3) is 0.600. The maximum atomic E-state index is 3.52. The number of thiophene rings is 1. The van der Waals surface area contributed by atoms with E-state index in [4.69, 9.17) is 0 Å². The van der Waals surface area contributed by atoms with Crippen LogP contribution in [-0.4, -0.2) is 19.1 Å². The van der Waals surface area contributed by atoms with Crippen molar-refractivity contribution in [2.75, 3.05) is 13.1 Å². The first-order valence-electron chi connectivity index (χ1n) is 5.02. The summed E-state index contributed by atoms with van der Waals surface area (Å²) in [5, 5.41) is 9.02. The average molecular weight is 275 g/mol. The maximum absolute atomic E-state index is 3.52. The lowest BCUT2D eigenvalue weighted by Gasteiger charge is -2.04. The van der Waals surface area contributed by atoms with Crippen LogP contribution in [0.4, 0.5) is 0 Å². The molecule has 0 aromatic carbocycles. The van der Waals surface area contributed by atoms with Gasteiger partial charge in [0.05, 0.1) is 0 Å². The van der Waals surface area contributed by atoms with Crippen molar-refractivity contribution < 1.29 is 0 Å². The van der Waals surface area contributed by atoms with Crippen molar-refractivity contribution in [1.82, 2.24) is 10.6 Å². The van der Waals surface area contributed by atoms with Crippen molar-refractivity contribution in [3.63, 3.8) is 0 Å². The van der Waals surface area contributed by atoms with E-state index < -0.39 is 0 Å². The van der Waals surface area contributed by atoms with Gasteiger partial charge in [0.25, 0.3) is 0 Å². The van der Waals surface area contributed by atoms with Gasteiger partial charge in [-0.1, -0.05) is 0 Å². The van der Waals surface area contributed by atoms with Crippen LogP contribution in [-0.2, 0) is 6.54 Å². The summed E-state index contributed by atoms with van der Waals surface area (Å²) in [7, 11) is 0. The van der Waals surface area contributed by atoms with Crippen molar-refractivity contribution in [3.05, 3.63) is 20.8 Å². The molecule has 1 aliphatic rings. The zero-order chi connectivity index (χ0) is 9.80. The molecule has 0 saturated heterocycles. The van der Waals surface area contributed by atoms with Crippen LogP contribution in [0.3, 0.4) is 0 Å². The molecule has 0 unspecified atom stereocenters. The van der Waals surface area contributed by atoms with Gasteiger partial charge in [-0.05, 0) is 40.2 Å². The van der Waals surface area contributed by atoms with Gasteiger partial charge in [-0.2, -0.15) is 0 Å². The molecule has 14 heavy (non-hydrogen) atoms. The van der Waals surface area contributed by atoms with Gasteiger partial charge in [0.1, 0.15) is 0 Å². The molecule has 0 aliphatic heterocycles. The van der Waals surface area contributed by atoms with E-state index in [0.29, 0.717) is 0 Å². The molecule has 0 atom stereocenters. The maximum Gasteiger partial charge on any atom is 0.0327 e. The van der Waals surface area contributed by atoms with Crippen molar-refractivity contribution in [2.45, 2.75) is 25.4 Å². The van der Waals surface area contributed by atoms with Crippen LogP contribution in [0, 0.1) is 0 Å². The smallest absolute Gasteiger partial charge is 0.0327 e. The van der Waals surface area contributed by atoms with Gasteiger partial charge >= 0.3 is 0 Å². The SMILES string of the molecule is Brc1ccsc1CNCCNC1CC1. The lowest BCUT2D eigenvalue weighted by molar-refractivity contribution is 0.611. The molecule has 2 nitrogen and oxygen atoms in total. The van der Waals surface area contributed by atoms with Crippen molar-refractivity contribution in [2.24, 2.45) is 0 Å². The summed E-state index contributed by atoms with van der Waals surface area (Å²) >= 11 is 5.32. The predicted octanol–water partition coefficient (Wildman–Crippen LogP) is 2.35. The van der Waals surface area contributed by atoms with Gasteiger partial charge in [0, 0.05) is 35.0 Å². The van der Waals surface area contributed by atoms with Crippen molar-refractivity contribution in [1.29, 1.82) is 0 Å². The lowest BCUT2D eigenvalue weighted by Crippen LogP contribution is -2.28. The topological polar surface area (TPSA) is 24.1 Å². The number of hydrogen-bond acceptors (Lipinski definition) is 3. The molecule has 0 bridgehead atoms. The minimum atomic E-state index is 0.824. The quantitative estimate of drug-likeness (QED) is 0.779. The second kappa shape index (κ2) is 5.26. The van der Waals surface area contributed by atoms with Gasteiger partial charge in [0.15, 0.2) is 0 Å². The van der Waals surface area contributed by atoms with E-state index in [1.54, 1.807) is 11.3 Å². The van der Waals surface area contributed by atoms with Gasteiger partial charge in [0.2, 0.25) is 0 Å². The van der Waals surface area contributed by atoms with Crippen LogP contribution >= 0.6 is 27.3 Å². The van der Waals surface area contributed by atoms with E-state index >= 15 is 0 Å². The summed E-state index contributed by atoms with van der Waals surface area (Å²) in [6.07, 6.45) is 2.74. The number of nitrogens with one attached hydrogen (secondary N) is 2. The Hall–Kier alpha value is 0.1000. The first-order chi connectivity index (χ1) is 6.86. The fourth-order valence-corrected chi connectivity index (χ4v) is 2.77. The van der Waals surface area contributed by atoms with Crippen LogP contribution < -0.4 is 10.6 Å². The molecule has 1 saturated carbocycles. The van der Waals surface area contributed by atoms with E-state index in [1.165, 1.54) is 22.2 Å². The molecule has 1 aliphatic carbocycles. The molecule has 2 N–H and O–H groups in total. The Morgan fingerprint density at radius 3 is 2.93 bits per heavy atom. The van der Waals surface area contributed by atoms with E-state index in [0.717, 1.165) is 25.7 Å². The third kappa shape index (κ3) is 3.35. The third-order valence-corrected chi connectivity index (χ3v) is 4.22. The summed E-state index contributed by atoms with van der Waals surface area (Å²) in [6.45, 7) is 3.12. The highest BCUT2D eigenvalue weighted by Gasteiger charge is 2.19. The Morgan fingerprint density at radius 1 is 1.43 bits per heavy atom. The Balaban J connectivity index is 1.56. The molecule has 0 amide bonds. The molecule has 1 heterocycles. The van der Waals surface area contributed by atoms with E-state index in [1.807, 2.05) is 0 Å². The largest absolute Gasteiger partial charge is 0.313 e. The Labute approximate surface area is 97.2 Å². The van der Waals surface area contributed by atoms with Gasteiger partial charge < -0.3 is 10.6 Å². The highest BCUT2D eigenvalue weighted by molar-refractivity contribution is 9.10. The molecule has 2 rings (SSSR count). The molecule has 1 fully saturated rings. The van der Waals surface area contributed by atoms with Crippen LogP contribution in [0.5, 0.6) is 0 Å². The average Bonchev–Trinajstić information content (AvgIpc) is 2.91. The van der Waals surface area contributed by atoms with Crippen LogP contribution in [0.25, 0.3) is 0 Å². The minimum absolute atomic E-state index is 0.824. The lowest BCUT2D eigenvalue weighted by atomic mass is 10.4. The van der Waals surface area contributed by atoms with Gasteiger partial charge in [-0.15, -0.1) is 11.3 Å². The number of halogens is 1. The molecule has 1 aromatic rings. The summed E-state index contributed by atoms with van der Waals surface area (Å²) in [5.41, 5.74) is 0. The molecule has 0 radical (unpaired) electrons. The fourth-order valence-electron chi connectivity index (χ4n) is 1.31. The molecular formula is C10H15BrN2S. The van der Waals surface area contributed by atoms with E-state index in [-0.39, 0.29) is 0 Å². The normalized spacial score (nSPS) is 16.1. The van der Waals surface area contributed by atoms with Crippen LogP contribution in [0.15, 0.2) is 15.9 Å². The second-order valence-corrected chi connectivity index (χ2v) is 5.45. The first-order valence-corrected chi connectivity index (χ1v) is 6.69. The molecule has 1 aromatic heterocycles. The molecule has 0 spiro atoms. The third-order valence-electron chi connectivity index (χ3n) is 2.29. The van der Waals surface area contributed by atoms with E-state index in [2.05, 4.69) is 38.0 Å². The van der Waals surface area contributed by atoms with E-state index in [9.17, 15) is 0 Å². The monoisotopic (exact) mass is 274 g/mol. The summed E-state index contributed by atoms with van der Waals surface area (Å²) < 4.78 is 1.23. The zero-order valence-electron chi connectivity index (χ0n) is 8.05. The summed E-state index contributed by atoms with van der Waals surface area (Å²) in [6, 6.07) is 2.93. The first kappa shape index (κ1) is 10.6. The summed E-state index contributed by atoms with van der Waals surface area (Å²) in [5.74, 6) is 0. The Bertz CT molecular complexity index is 283. The highest BCUT2D eigenvalue weighted by Crippen LogP contribution is 2.22. The predicted molar refractivity (Wildman–Crippen MR) is 64.8 cm³/mol. The minimum Gasteiger partial charge on any atom is -0.313 e. The molecule has 4 heteroatoms. The van der Waals surface area contributed by atoms with Crippen molar-refractivity contribution >= 4 is 27.3 Å². The van der Waals surface area contributed by atoms with Crippen LogP contribution in [0.2, 0.25) is 0 Å². The molecular weight excluding hydrogens is 260 g/mol. The zero-order valence-corrected chi connectivity index (χ0v) is 10.5. The second-order valence-electron chi connectivity index (χ2n) is 3.60. The Kier molecular flexibility index (Phi) is 3.99. The van der Waals surface area contributed by atoms with Crippen LogP contribution in [0.1, 0.15) is 17.7 Å².